The maximum Gasteiger partial charge on any atom is 0.204 e. The van der Waals surface area contributed by atoms with Crippen molar-refractivity contribution < 1.29 is 9.47 Å². The fourth-order valence-electron chi connectivity index (χ4n) is 2.83. The number of fused-ring (bicyclic) bond motifs is 1. The molecule has 0 spiro atoms. The molecule has 0 fully saturated rings. The molecule has 0 amide bonds. The average Bonchev–Trinajstić information content (AvgIpc) is 3.16. The largest absolute Gasteiger partial charge is 0.493 e. The molecule has 4 aromatic rings. The molecule has 0 saturated heterocycles. The van der Waals surface area contributed by atoms with Crippen molar-refractivity contribution in [3.63, 3.8) is 0 Å². The molecular weight excluding hydrogens is 477 g/mol. The number of anilines is 1. The maximum absolute atomic E-state index is 6.44. The lowest BCUT2D eigenvalue weighted by molar-refractivity contribution is 0.285. The van der Waals surface area contributed by atoms with Crippen LogP contribution < -0.4 is 14.9 Å². The van der Waals surface area contributed by atoms with E-state index < -0.39 is 0 Å². The van der Waals surface area contributed by atoms with Crippen molar-refractivity contribution in [2.45, 2.75) is 6.61 Å². The first-order valence-electron chi connectivity index (χ1n) is 9.12. The van der Waals surface area contributed by atoms with Crippen LogP contribution in [0.3, 0.4) is 0 Å². The third kappa shape index (κ3) is 5.22. The topological polar surface area (TPSA) is 55.7 Å². The predicted octanol–water partition coefficient (Wildman–Crippen LogP) is 7.29. The Balaban J connectivity index is 1.48. The highest BCUT2D eigenvalue weighted by Crippen LogP contribution is 2.37. The number of aromatic nitrogens is 1. The summed E-state index contributed by atoms with van der Waals surface area (Å²) in [5, 5.41) is 6.44. The molecule has 0 radical (unpaired) electrons. The minimum absolute atomic E-state index is 0.221. The third-order valence-corrected chi connectivity index (χ3v) is 6.12. The van der Waals surface area contributed by atoms with Gasteiger partial charge in [-0.3, -0.25) is 5.43 Å². The molecule has 0 aliphatic rings. The van der Waals surface area contributed by atoms with Crippen LogP contribution in [0, 0.1) is 0 Å². The van der Waals surface area contributed by atoms with Gasteiger partial charge in [-0.15, -0.1) is 0 Å². The lowest BCUT2D eigenvalue weighted by Gasteiger charge is -2.14. The van der Waals surface area contributed by atoms with Crippen molar-refractivity contribution in [3.05, 3.63) is 80.8 Å². The molecule has 0 atom stereocenters. The van der Waals surface area contributed by atoms with Crippen molar-refractivity contribution in [1.29, 1.82) is 0 Å². The quantitative estimate of drug-likeness (QED) is 0.217. The van der Waals surface area contributed by atoms with Gasteiger partial charge in [0, 0.05) is 15.6 Å². The highest BCUT2D eigenvalue weighted by Gasteiger charge is 2.13. The van der Waals surface area contributed by atoms with Gasteiger partial charge in [-0.05, 0) is 42.0 Å². The number of hydrazone groups is 1. The van der Waals surface area contributed by atoms with Crippen LogP contribution in [0.2, 0.25) is 15.1 Å². The number of para-hydroxylation sites is 1. The monoisotopic (exact) mass is 491 g/mol. The second kappa shape index (κ2) is 9.75. The zero-order chi connectivity index (χ0) is 21.8. The van der Waals surface area contributed by atoms with Crippen molar-refractivity contribution in [2.75, 3.05) is 12.5 Å². The number of benzene rings is 3. The summed E-state index contributed by atoms with van der Waals surface area (Å²) < 4.78 is 12.4. The molecule has 0 aliphatic heterocycles. The lowest BCUT2D eigenvalue weighted by atomic mass is 10.2. The van der Waals surface area contributed by atoms with Crippen molar-refractivity contribution in [3.8, 4) is 11.5 Å². The number of hydrogen-bond donors (Lipinski definition) is 1. The fourth-order valence-corrected chi connectivity index (χ4v) is 4.38. The van der Waals surface area contributed by atoms with Gasteiger partial charge in [-0.1, -0.05) is 64.3 Å². The van der Waals surface area contributed by atoms with E-state index in [-0.39, 0.29) is 6.61 Å². The summed E-state index contributed by atoms with van der Waals surface area (Å²) in [7, 11) is 1.55. The number of hydrogen-bond acceptors (Lipinski definition) is 6. The van der Waals surface area contributed by atoms with Crippen LogP contribution in [0.1, 0.15) is 11.1 Å². The normalized spacial score (nSPS) is 11.2. The van der Waals surface area contributed by atoms with E-state index in [0.29, 0.717) is 31.7 Å². The molecule has 4 rings (SSSR count). The molecule has 5 nitrogen and oxygen atoms in total. The third-order valence-electron chi connectivity index (χ3n) is 4.31. The molecule has 31 heavy (non-hydrogen) atoms. The molecule has 1 aromatic heterocycles. The fraction of sp³-hybridized carbons (Fsp3) is 0.0909. The average molecular weight is 493 g/mol. The van der Waals surface area contributed by atoms with E-state index in [4.69, 9.17) is 44.3 Å². The molecule has 1 N–H and O–H groups in total. The first-order valence-corrected chi connectivity index (χ1v) is 11.1. The number of rotatable bonds is 7. The number of nitrogens with zero attached hydrogens (tertiary/aromatic N) is 2. The molecule has 0 aliphatic carbocycles. The molecule has 158 valence electrons. The summed E-state index contributed by atoms with van der Waals surface area (Å²) in [5.74, 6) is 0.908. The second-order valence-electron chi connectivity index (χ2n) is 6.42. The second-order valence-corrected chi connectivity index (χ2v) is 8.70. The SMILES string of the molecule is COc1cc(/C=N\Nc2nc3ccccc3s2)cc(Cl)c1OCc1ccc(Cl)cc1Cl. The Labute approximate surface area is 198 Å². The minimum Gasteiger partial charge on any atom is -0.493 e. The minimum atomic E-state index is 0.221. The zero-order valence-electron chi connectivity index (χ0n) is 16.2. The number of halogens is 3. The van der Waals surface area contributed by atoms with Crippen LogP contribution in [0.4, 0.5) is 5.13 Å². The van der Waals surface area contributed by atoms with Crippen LogP contribution in [0.25, 0.3) is 10.2 Å². The van der Waals surface area contributed by atoms with Crippen LogP contribution in [-0.4, -0.2) is 18.3 Å². The van der Waals surface area contributed by atoms with Crippen LogP contribution >= 0.6 is 46.1 Å². The van der Waals surface area contributed by atoms with Crippen LogP contribution in [0.5, 0.6) is 11.5 Å². The molecule has 0 unspecified atom stereocenters. The van der Waals surface area contributed by atoms with Crippen LogP contribution in [0.15, 0.2) is 59.7 Å². The van der Waals surface area contributed by atoms with Crippen LogP contribution in [-0.2, 0) is 6.61 Å². The zero-order valence-corrected chi connectivity index (χ0v) is 19.3. The molecular formula is C22H16Cl3N3O2S. The molecule has 0 bridgehead atoms. The van der Waals surface area contributed by atoms with Gasteiger partial charge < -0.3 is 9.47 Å². The Bertz CT molecular complexity index is 1230. The Morgan fingerprint density at radius 1 is 1.06 bits per heavy atom. The van der Waals surface area contributed by atoms with E-state index in [0.717, 1.165) is 21.3 Å². The smallest absolute Gasteiger partial charge is 0.204 e. The van der Waals surface area contributed by atoms with E-state index in [9.17, 15) is 0 Å². The number of nitrogens with one attached hydrogen (secondary N) is 1. The number of ether oxygens (including phenoxy) is 2. The molecule has 0 saturated carbocycles. The van der Waals surface area contributed by atoms with Gasteiger partial charge in [0.2, 0.25) is 5.13 Å². The van der Waals surface area contributed by atoms with E-state index in [2.05, 4.69) is 15.5 Å². The highest BCUT2D eigenvalue weighted by molar-refractivity contribution is 7.22. The Hall–Kier alpha value is -2.51. The Morgan fingerprint density at radius 2 is 1.90 bits per heavy atom. The lowest BCUT2D eigenvalue weighted by Crippen LogP contribution is -2.00. The predicted molar refractivity (Wildman–Crippen MR) is 130 cm³/mol. The summed E-state index contributed by atoms with van der Waals surface area (Å²) in [5.41, 5.74) is 5.41. The van der Waals surface area contributed by atoms with Gasteiger partial charge in [0.05, 0.1) is 28.6 Å². The summed E-state index contributed by atoms with van der Waals surface area (Å²) in [6, 6.07) is 16.7. The molecule has 9 heteroatoms. The molecule has 3 aromatic carbocycles. The van der Waals surface area contributed by atoms with E-state index in [1.807, 2.05) is 24.3 Å². The van der Waals surface area contributed by atoms with Gasteiger partial charge in [-0.25, -0.2) is 4.98 Å². The summed E-state index contributed by atoms with van der Waals surface area (Å²) in [4.78, 5) is 4.48. The summed E-state index contributed by atoms with van der Waals surface area (Å²) >= 11 is 20.1. The summed E-state index contributed by atoms with van der Waals surface area (Å²) in [6.45, 7) is 0.221. The first-order chi connectivity index (χ1) is 15.0. The van der Waals surface area contributed by atoms with Gasteiger partial charge in [0.25, 0.3) is 0 Å². The van der Waals surface area contributed by atoms with Gasteiger partial charge in [0.1, 0.15) is 6.61 Å². The van der Waals surface area contributed by atoms with Gasteiger partial charge >= 0.3 is 0 Å². The van der Waals surface area contributed by atoms with E-state index in [1.165, 1.54) is 11.3 Å². The molecule has 1 heterocycles. The van der Waals surface area contributed by atoms with Crippen molar-refractivity contribution in [1.82, 2.24) is 4.98 Å². The standard InChI is InChI=1S/C22H16Cl3N3O2S/c1-29-19-9-13(11-26-28-22-27-18-4-2-3-5-20(18)31-22)8-17(25)21(19)30-12-14-6-7-15(23)10-16(14)24/h2-11H,12H2,1H3,(H,27,28)/b26-11-. The first kappa shape index (κ1) is 21.7. The van der Waals surface area contributed by atoms with E-state index in [1.54, 1.807) is 43.7 Å². The number of methoxy groups -OCH3 is 1. The van der Waals surface area contributed by atoms with Crippen molar-refractivity contribution >= 4 is 67.7 Å². The maximum atomic E-state index is 6.44. The van der Waals surface area contributed by atoms with Gasteiger partial charge in [-0.2, -0.15) is 5.10 Å². The number of thiazole rings is 1. The van der Waals surface area contributed by atoms with E-state index >= 15 is 0 Å². The van der Waals surface area contributed by atoms with Gasteiger partial charge in [0.15, 0.2) is 11.5 Å². The Kier molecular flexibility index (Phi) is 6.83. The Morgan fingerprint density at radius 3 is 2.68 bits per heavy atom. The highest BCUT2D eigenvalue weighted by atomic mass is 35.5. The van der Waals surface area contributed by atoms with Crippen molar-refractivity contribution in [2.24, 2.45) is 5.10 Å². The summed E-state index contributed by atoms with van der Waals surface area (Å²) in [6.07, 6.45) is 1.64.